The lowest BCUT2D eigenvalue weighted by Gasteiger charge is -2.07. The maximum Gasteiger partial charge on any atom is 0.387 e. The second-order valence-electron chi connectivity index (χ2n) is 6.03. The lowest BCUT2D eigenvalue weighted by molar-refractivity contribution is -0.121. The molecule has 2 aromatic carbocycles. The third kappa shape index (κ3) is 5.87. The summed E-state index contributed by atoms with van der Waals surface area (Å²) in [5.41, 5.74) is 1.67. The SMILES string of the molecule is O=C(CCCc1nc(-c2ccccc2)no1)NCc1ccc(OC(F)F)cc1. The average Bonchev–Trinajstić information content (AvgIpc) is 3.17. The summed E-state index contributed by atoms with van der Waals surface area (Å²) in [4.78, 5) is 16.3. The smallest absolute Gasteiger partial charge is 0.387 e. The summed E-state index contributed by atoms with van der Waals surface area (Å²) in [5, 5.41) is 6.72. The van der Waals surface area contributed by atoms with Crippen molar-refractivity contribution in [2.75, 3.05) is 0 Å². The summed E-state index contributed by atoms with van der Waals surface area (Å²) in [6.07, 6.45) is 1.39. The Hall–Kier alpha value is -3.29. The molecule has 3 rings (SSSR count). The molecule has 0 saturated heterocycles. The molecule has 0 aliphatic rings. The van der Waals surface area contributed by atoms with Gasteiger partial charge in [0.05, 0.1) is 0 Å². The average molecular weight is 387 g/mol. The molecule has 6 nitrogen and oxygen atoms in total. The van der Waals surface area contributed by atoms with Crippen LogP contribution < -0.4 is 10.1 Å². The van der Waals surface area contributed by atoms with Crippen LogP contribution in [0.4, 0.5) is 8.78 Å². The number of carbonyl (C=O) groups excluding carboxylic acids is 1. The van der Waals surface area contributed by atoms with Gasteiger partial charge in [0.1, 0.15) is 5.75 Å². The van der Waals surface area contributed by atoms with Gasteiger partial charge in [0.25, 0.3) is 0 Å². The fourth-order valence-electron chi connectivity index (χ4n) is 2.54. The molecule has 0 saturated carbocycles. The number of amides is 1. The minimum Gasteiger partial charge on any atom is -0.435 e. The van der Waals surface area contributed by atoms with Gasteiger partial charge in [-0.15, -0.1) is 0 Å². The molecule has 28 heavy (non-hydrogen) atoms. The first-order valence-electron chi connectivity index (χ1n) is 8.78. The van der Waals surface area contributed by atoms with Crippen molar-refractivity contribution in [3.8, 4) is 17.1 Å². The highest BCUT2D eigenvalue weighted by Gasteiger charge is 2.09. The van der Waals surface area contributed by atoms with Gasteiger partial charge in [-0.25, -0.2) is 0 Å². The monoisotopic (exact) mass is 387 g/mol. The van der Waals surface area contributed by atoms with Crippen LogP contribution in [0, 0.1) is 0 Å². The Bertz CT molecular complexity index is 883. The Morgan fingerprint density at radius 2 is 1.86 bits per heavy atom. The lowest BCUT2D eigenvalue weighted by Crippen LogP contribution is -2.22. The molecule has 0 atom stereocenters. The number of aryl methyl sites for hydroxylation is 1. The van der Waals surface area contributed by atoms with Crippen LogP contribution in [0.5, 0.6) is 5.75 Å². The summed E-state index contributed by atoms with van der Waals surface area (Å²) in [5.74, 6) is 0.982. The van der Waals surface area contributed by atoms with E-state index in [9.17, 15) is 13.6 Å². The summed E-state index contributed by atoms with van der Waals surface area (Å²) in [6, 6.07) is 15.6. The number of hydrogen-bond acceptors (Lipinski definition) is 5. The molecular weight excluding hydrogens is 368 g/mol. The van der Waals surface area contributed by atoms with E-state index in [1.165, 1.54) is 12.1 Å². The van der Waals surface area contributed by atoms with Crippen LogP contribution in [0.25, 0.3) is 11.4 Å². The van der Waals surface area contributed by atoms with E-state index < -0.39 is 6.61 Å². The number of alkyl halides is 2. The van der Waals surface area contributed by atoms with E-state index in [0.717, 1.165) is 11.1 Å². The highest BCUT2D eigenvalue weighted by atomic mass is 19.3. The Morgan fingerprint density at radius 3 is 2.57 bits per heavy atom. The molecule has 0 aliphatic carbocycles. The highest BCUT2D eigenvalue weighted by molar-refractivity contribution is 5.75. The Balaban J connectivity index is 1.38. The van der Waals surface area contributed by atoms with Crippen molar-refractivity contribution >= 4 is 5.91 Å². The number of nitrogens with one attached hydrogen (secondary N) is 1. The largest absolute Gasteiger partial charge is 0.435 e. The Labute approximate surface area is 160 Å². The Kier molecular flexibility index (Phi) is 6.67. The first-order valence-corrected chi connectivity index (χ1v) is 8.78. The maximum atomic E-state index is 12.1. The standard InChI is InChI=1S/C20H19F2N3O3/c21-20(22)27-16-11-9-14(10-12-16)13-23-17(26)7-4-8-18-24-19(25-28-18)15-5-2-1-3-6-15/h1-3,5-6,9-12,20H,4,7-8,13H2,(H,23,26). The first-order chi connectivity index (χ1) is 13.6. The van der Waals surface area contributed by atoms with Crippen molar-refractivity contribution in [1.29, 1.82) is 0 Å². The number of benzene rings is 2. The fraction of sp³-hybridized carbons (Fsp3) is 0.250. The van der Waals surface area contributed by atoms with Gasteiger partial charge in [0.2, 0.25) is 17.6 Å². The lowest BCUT2D eigenvalue weighted by atomic mass is 10.2. The molecule has 146 valence electrons. The molecule has 3 aromatic rings. The number of rotatable bonds is 9. The molecule has 1 heterocycles. The number of aromatic nitrogens is 2. The zero-order valence-corrected chi connectivity index (χ0v) is 15.0. The van der Waals surface area contributed by atoms with E-state index in [2.05, 4.69) is 20.2 Å². The third-order valence-corrected chi connectivity index (χ3v) is 3.93. The number of ether oxygens (including phenoxy) is 1. The predicted molar refractivity (Wildman–Crippen MR) is 97.6 cm³/mol. The van der Waals surface area contributed by atoms with Gasteiger partial charge in [-0.3, -0.25) is 4.79 Å². The van der Waals surface area contributed by atoms with Crippen molar-refractivity contribution in [2.45, 2.75) is 32.4 Å². The molecule has 8 heteroatoms. The van der Waals surface area contributed by atoms with Crippen LogP contribution in [0.3, 0.4) is 0 Å². The second-order valence-corrected chi connectivity index (χ2v) is 6.03. The van der Waals surface area contributed by atoms with Crippen molar-refractivity contribution in [2.24, 2.45) is 0 Å². The van der Waals surface area contributed by atoms with E-state index in [-0.39, 0.29) is 11.7 Å². The molecule has 0 aliphatic heterocycles. The number of nitrogens with zero attached hydrogens (tertiary/aromatic N) is 2. The summed E-state index contributed by atoms with van der Waals surface area (Å²) in [6.45, 7) is -2.54. The van der Waals surface area contributed by atoms with E-state index in [1.807, 2.05) is 30.3 Å². The van der Waals surface area contributed by atoms with Crippen LogP contribution >= 0.6 is 0 Å². The molecule has 1 amide bonds. The van der Waals surface area contributed by atoms with Crippen molar-refractivity contribution in [3.05, 3.63) is 66.1 Å². The van der Waals surface area contributed by atoms with Gasteiger partial charge in [-0.1, -0.05) is 47.6 Å². The van der Waals surface area contributed by atoms with E-state index in [0.29, 0.717) is 37.5 Å². The van der Waals surface area contributed by atoms with Crippen molar-refractivity contribution < 1.29 is 22.8 Å². The number of halogens is 2. The third-order valence-electron chi connectivity index (χ3n) is 3.93. The Morgan fingerprint density at radius 1 is 1.11 bits per heavy atom. The predicted octanol–water partition coefficient (Wildman–Crippen LogP) is 3.98. The molecule has 0 spiro atoms. The van der Waals surface area contributed by atoms with Crippen LogP contribution in [-0.4, -0.2) is 22.7 Å². The minimum atomic E-state index is -2.85. The summed E-state index contributed by atoms with van der Waals surface area (Å²) in [7, 11) is 0. The van der Waals surface area contributed by atoms with Crippen LogP contribution in [0.15, 0.2) is 59.1 Å². The van der Waals surface area contributed by atoms with Gasteiger partial charge in [-0.05, 0) is 24.1 Å². The quantitative estimate of drug-likeness (QED) is 0.601. The second kappa shape index (κ2) is 9.59. The summed E-state index contributed by atoms with van der Waals surface area (Å²) < 4.78 is 33.7. The topological polar surface area (TPSA) is 77.2 Å². The molecule has 0 unspecified atom stereocenters. The van der Waals surface area contributed by atoms with Gasteiger partial charge in [0, 0.05) is 24.9 Å². The van der Waals surface area contributed by atoms with E-state index in [1.54, 1.807) is 12.1 Å². The number of hydrogen-bond donors (Lipinski definition) is 1. The minimum absolute atomic E-state index is 0.0829. The normalized spacial score (nSPS) is 10.8. The van der Waals surface area contributed by atoms with Gasteiger partial charge in [-0.2, -0.15) is 13.8 Å². The zero-order valence-electron chi connectivity index (χ0n) is 15.0. The van der Waals surface area contributed by atoms with Crippen molar-refractivity contribution in [3.63, 3.8) is 0 Å². The van der Waals surface area contributed by atoms with Crippen LogP contribution in [0.2, 0.25) is 0 Å². The van der Waals surface area contributed by atoms with Gasteiger partial charge < -0.3 is 14.6 Å². The fourth-order valence-corrected chi connectivity index (χ4v) is 2.54. The molecule has 0 bridgehead atoms. The number of carbonyl (C=O) groups is 1. The van der Waals surface area contributed by atoms with Crippen LogP contribution in [0.1, 0.15) is 24.3 Å². The molecular formula is C20H19F2N3O3. The van der Waals surface area contributed by atoms with E-state index in [4.69, 9.17) is 4.52 Å². The van der Waals surface area contributed by atoms with Crippen molar-refractivity contribution in [1.82, 2.24) is 15.5 Å². The molecule has 0 fully saturated rings. The molecule has 1 N–H and O–H groups in total. The summed E-state index contributed by atoms with van der Waals surface area (Å²) >= 11 is 0. The van der Waals surface area contributed by atoms with Gasteiger partial charge >= 0.3 is 6.61 Å². The van der Waals surface area contributed by atoms with Gasteiger partial charge in [0.15, 0.2) is 0 Å². The first kappa shape index (κ1) is 19.5. The molecule has 1 aromatic heterocycles. The highest BCUT2D eigenvalue weighted by Crippen LogP contribution is 2.16. The zero-order chi connectivity index (χ0) is 19.8. The van der Waals surface area contributed by atoms with E-state index >= 15 is 0 Å². The van der Waals surface area contributed by atoms with Crippen LogP contribution in [-0.2, 0) is 17.8 Å². The molecule has 0 radical (unpaired) electrons. The maximum absolute atomic E-state index is 12.1.